The third-order valence-corrected chi connectivity index (χ3v) is 6.49. The first-order valence-electron chi connectivity index (χ1n) is 11.4. The van der Waals surface area contributed by atoms with E-state index in [0.29, 0.717) is 5.92 Å². The first-order chi connectivity index (χ1) is 15.8. The molecule has 0 bridgehead atoms. The predicted octanol–water partition coefficient (Wildman–Crippen LogP) is 6.63. The van der Waals surface area contributed by atoms with Crippen molar-refractivity contribution >= 4 is 0 Å². The molecule has 32 heavy (non-hydrogen) atoms. The van der Waals surface area contributed by atoms with Crippen LogP contribution in [0.3, 0.4) is 0 Å². The molecule has 159 valence electrons. The minimum atomic E-state index is 0.0534. The van der Waals surface area contributed by atoms with Crippen LogP contribution in [0.4, 0.5) is 0 Å². The molecule has 1 N–H and O–H groups in total. The zero-order chi connectivity index (χ0) is 21.8. The van der Waals surface area contributed by atoms with Crippen molar-refractivity contribution in [1.82, 2.24) is 5.32 Å². The van der Waals surface area contributed by atoms with Gasteiger partial charge >= 0.3 is 0 Å². The van der Waals surface area contributed by atoms with Gasteiger partial charge in [-0.2, -0.15) is 0 Å². The lowest BCUT2D eigenvalue weighted by atomic mass is 9.80. The Morgan fingerprint density at radius 3 is 1.84 bits per heavy atom. The molecule has 0 aliphatic carbocycles. The fourth-order valence-electron chi connectivity index (χ4n) is 4.95. The van der Waals surface area contributed by atoms with E-state index in [2.05, 4.69) is 90.2 Å². The van der Waals surface area contributed by atoms with Crippen molar-refractivity contribution in [3.63, 3.8) is 0 Å². The number of hydrogen-bond acceptors (Lipinski definition) is 1. The lowest BCUT2D eigenvalue weighted by Crippen LogP contribution is -2.35. The van der Waals surface area contributed by atoms with Crippen LogP contribution in [0.1, 0.15) is 45.3 Å². The van der Waals surface area contributed by atoms with Gasteiger partial charge < -0.3 is 5.32 Å². The molecule has 1 radical (unpaired) electrons. The first-order valence-corrected chi connectivity index (χ1v) is 11.4. The molecule has 0 spiro atoms. The molecule has 4 aromatic rings. The van der Waals surface area contributed by atoms with E-state index in [1.54, 1.807) is 0 Å². The SMILES string of the molecule is [O]c1cc(Cc2ccccc2)cc2c1C(Cc1ccccc1)NCC2Cc1ccccc1. The number of fused-ring (bicyclic) bond motifs is 1. The third-order valence-electron chi connectivity index (χ3n) is 6.49. The zero-order valence-electron chi connectivity index (χ0n) is 18.2. The highest BCUT2D eigenvalue weighted by Gasteiger charge is 2.31. The van der Waals surface area contributed by atoms with Crippen molar-refractivity contribution in [2.75, 3.05) is 6.54 Å². The maximum Gasteiger partial charge on any atom is 0.183 e. The van der Waals surface area contributed by atoms with E-state index >= 15 is 0 Å². The molecule has 0 fully saturated rings. The summed E-state index contributed by atoms with van der Waals surface area (Å²) in [5, 5.41) is 17.1. The Morgan fingerprint density at radius 2 is 1.22 bits per heavy atom. The second-order valence-corrected chi connectivity index (χ2v) is 8.80. The first kappa shape index (κ1) is 20.5. The van der Waals surface area contributed by atoms with E-state index in [0.717, 1.165) is 36.9 Å². The van der Waals surface area contributed by atoms with Gasteiger partial charge in [0.25, 0.3) is 0 Å². The minimum absolute atomic E-state index is 0.0534. The van der Waals surface area contributed by atoms with Gasteiger partial charge in [0.1, 0.15) is 0 Å². The van der Waals surface area contributed by atoms with Crippen LogP contribution in [0.2, 0.25) is 0 Å². The summed E-state index contributed by atoms with van der Waals surface area (Å²) in [7, 11) is 0. The Kier molecular flexibility index (Phi) is 6.04. The molecule has 4 aromatic carbocycles. The summed E-state index contributed by atoms with van der Waals surface area (Å²) in [6, 6.07) is 35.7. The molecule has 1 aliphatic heterocycles. The van der Waals surface area contributed by atoms with Crippen LogP contribution < -0.4 is 5.32 Å². The highest BCUT2D eigenvalue weighted by molar-refractivity contribution is 5.50. The van der Waals surface area contributed by atoms with Gasteiger partial charge in [0, 0.05) is 24.1 Å². The summed E-state index contributed by atoms with van der Waals surface area (Å²) < 4.78 is 0. The molecule has 1 heterocycles. The Morgan fingerprint density at radius 1 is 0.656 bits per heavy atom. The Labute approximate surface area is 190 Å². The molecule has 2 unspecified atom stereocenters. The minimum Gasteiger partial charge on any atom is -0.309 e. The quantitative estimate of drug-likeness (QED) is 0.374. The summed E-state index contributed by atoms with van der Waals surface area (Å²) in [6.07, 6.45) is 2.56. The Balaban J connectivity index is 1.51. The fraction of sp³-hybridized carbons (Fsp3) is 0.200. The van der Waals surface area contributed by atoms with Crippen LogP contribution >= 0.6 is 0 Å². The van der Waals surface area contributed by atoms with E-state index in [1.165, 1.54) is 22.3 Å². The zero-order valence-corrected chi connectivity index (χ0v) is 18.2. The van der Waals surface area contributed by atoms with Crippen LogP contribution in [0, 0.1) is 0 Å². The molecule has 5 rings (SSSR count). The van der Waals surface area contributed by atoms with Gasteiger partial charge in [0.05, 0.1) is 0 Å². The second kappa shape index (κ2) is 9.42. The normalized spacial score (nSPS) is 17.6. The van der Waals surface area contributed by atoms with Crippen molar-refractivity contribution in [3.05, 3.63) is 137 Å². The van der Waals surface area contributed by atoms with Gasteiger partial charge in [0.2, 0.25) is 0 Å². The van der Waals surface area contributed by atoms with Gasteiger partial charge in [-0.3, -0.25) is 5.11 Å². The number of nitrogens with one attached hydrogen (secondary N) is 1. The number of rotatable bonds is 6. The predicted molar refractivity (Wildman–Crippen MR) is 130 cm³/mol. The average Bonchev–Trinajstić information content (AvgIpc) is 2.82. The van der Waals surface area contributed by atoms with Crippen molar-refractivity contribution in [3.8, 4) is 5.75 Å². The summed E-state index contributed by atoms with van der Waals surface area (Å²) >= 11 is 0. The number of hydrogen-bond donors (Lipinski definition) is 1. The van der Waals surface area contributed by atoms with Crippen LogP contribution in [0.25, 0.3) is 0 Å². The maximum atomic E-state index is 13.4. The standard InChI is InChI=1S/C30H28NO/c32-29-20-25(16-22-10-4-1-5-11-22)18-27-26(17-23-12-6-2-7-13-23)21-31-28(30(27)29)19-24-14-8-3-9-15-24/h1-15,18,20,26,28,31H,16-17,19,21H2. The van der Waals surface area contributed by atoms with Gasteiger partial charge in [-0.25, -0.2) is 0 Å². The summed E-state index contributed by atoms with van der Waals surface area (Å²) in [5.74, 6) is 0.461. The van der Waals surface area contributed by atoms with Crippen LogP contribution in [-0.2, 0) is 24.4 Å². The number of benzene rings is 4. The molecule has 0 aromatic heterocycles. The van der Waals surface area contributed by atoms with E-state index in [4.69, 9.17) is 0 Å². The largest absolute Gasteiger partial charge is 0.309 e. The second-order valence-electron chi connectivity index (χ2n) is 8.80. The topological polar surface area (TPSA) is 31.9 Å². The average molecular weight is 419 g/mol. The molecule has 1 aliphatic rings. The fourth-order valence-corrected chi connectivity index (χ4v) is 4.95. The van der Waals surface area contributed by atoms with Gasteiger partial charge in [-0.15, -0.1) is 0 Å². The Hall–Kier alpha value is -3.36. The maximum absolute atomic E-state index is 13.4. The van der Waals surface area contributed by atoms with Crippen molar-refractivity contribution in [1.29, 1.82) is 0 Å². The van der Waals surface area contributed by atoms with Crippen molar-refractivity contribution in [2.24, 2.45) is 0 Å². The summed E-state index contributed by atoms with van der Waals surface area (Å²) in [6.45, 7) is 0.883. The van der Waals surface area contributed by atoms with Gasteiger partial charge in [-0.05, 0) is 53.1 Å². The molecule has 0 saturated heterocycles. The molecular weight excluding hydrogens is 390 g/mol. The highest BCUT2D eigenvalue weighted by atomic mass is 16.3. The van der Waals surface area contributed by atoms with E-state index in [-0.39, 0.29) is 11.8 Å². The van der Waals surface area contributed by atoms with Crippen LogP contribution in [0.15, 0.2) is 103 Å². The van der Waals surface area contributed by atoms with E-state index in [1.807, 2.05) is 18.2 Å². The molecule has 2 atom stereocenters. The van der Waals surface area contributed by atoms with E-state index in [9.17, 15) is 5.11 Å². The monoisotopic (exact) mass is 418 g/mol. The molecule has 0 saturated carbocycles. The lowest BCUT2D eigenvalue weighted by molar-refractivity contribution is 0.332. The summed E-state index contributed by atoms with van der Waals surface area (Å²) in [4.78, 5) is 0. The molecular formula is C30H28NO. The van der Waals surface area contributed by atoms with Crippen LogP contribution in [-0.4, -0.2) is 6.54 Å². The highest BCUT2D eigenvalue weighted by Crippen LogP contribution is 2.40. The lowest BCUT2D eigenvalue weighted by Gasteiger charge is -2.34. The Bertz CT molecular complexity index is 1160. The van der Waals surface area contributed by atoms with Crippen molar-refractivity contribution in [2.45, 2.75) is 31.2 Å². The smallest absolute Gasteiger partial charge is 0.183 e. The molecule has 0 amide bonds. The third kappa shape index (κ3) is 4.61. The van der Waals surface area contributed by atoms with Crippen LogP contribution in [0.5, 0.6) is 5.75 Å². The molecule has 2 nitrogen and oxygen atoms in total. The summed E-state index contributed by atoms with van der Waals surface area (Å²) in [5.41, 5.74) is 7.10. The van der Waals surface area contributed by atoms with Crippen molar-refractivity contribution < 1.29 is 5.11 Å². The van der Waals surface area contributed by atoms with Gasteiger partial charge in [-0.1, -0.05) is 97.1 Å². The molecule has 2 heteroatoms. The van der Waals surface area contributed by atoms with Gasteiger partial charge in [0.15, 0.2) is 5.75 Å². The van der Waals surface area contributed by atoms with E-state index < -0.39 is 0 Å².